The Morgan fingerprint density at radius 3 is 2.81 bits per heavy atom. The largest absolute Gasteiger partial charge is 0.378 e. The van der Waals surface area contributed by atoms with Crippen molar-refractivity contribution in [2.24, 2.45) is 11.1 Å². The van der Waals surface area contributed by atoms with Crippen molar-refractivity contribution in [2.45, 2.75) is 58.7 Å². The Morgan fingerprint density at radius 2 is 2.29 bits per heavy atom. The molecule has 1 aliphatic rings. The number of hydrogen-bond acceptors (Lipinski definition) is 4. The van der Waals surface area contributed by atoms with Gasteiger partial charge in [-0.05, 0) is 20.8 Å². The van der Waals surface area contributed by atoms with E-state index in [1.165, 1.54) is 0 Å². The lowest BCUT2D eigenvalue weighted by molar-refractivity contribution is -0.166. The Bertz CT molecular complexity index is 523. The summed E-state index contributed by atoms with van der Waals surface area (Å²) in [5.74, 6) is 0.501. The molecule has 0 aliphatic heterocycles. The third kappa shape index (κ3) is 2.46. The minimum Gasteiger partial charge on any atom is -0.378 e. The highest BCUT2D eigenvalue weighted by molar-refractivity contribution is 5.99. The first-order valence-corrected chi connectivity index (χ1v) is 7.49. The number of nitrogens with one attached hydrogen (secondary N) is 1. The van der Waals surface area contributed by atoms with E-state index in [-0.39, 0.29) is 18.1 Å². The normalized spacial score (nSPS) is 27.5. The number of nitrogens with two attached hydrogens (primary N) is 1. The molecule has 1 amide bonds. The summed E-state index contributed by atoms with van der Waals surface area (Å²) in [7, 11) is 0. The molecule has 6 heteroatoms. The molecule has 2 unspecified atom stereocenters. The zero-order chi connectivity index (χ0) is 15.8. The van der Waals surface area contributed by atoms with Crippen LogP contribution in [0.1, 0.15) is 47.1 Å². The number of carbonyl (C=O) groups is 1. The number of carbonyl (C=O) groups excluding carboxylic acids is 1. The third-order valence-electron chi connectivity index (χ3n) is 4.64. The average Bonchev–Trinajstić information content (AvgIpc) is 2.86. The second kappa shape index (κ2) is 5.42. The minimum absolute atomic E-state index is 0.0215. The Balaban J connectivity index is 2.12. The van der Waals surface area contributed by atoms with E-state index in [1.54, 1.807) is 16.9 Å². The Kier molecular flexibility index (Phi) is 4.13. The highest BCUT2D eigenvalue weighted by atomic mass is 16.5. The lowest BCUT2D eigenvalue weighted by Gasteiger charge is -2.57. The first-order chi connectivity index (χ1) is 9.74. The van der Waals surface area contributed by atoms with Crippen LogP contribution in [0.4, 0.5) is 5.82 Å². The van der Waals surface area contributed by atoms with Crippen molar-refractivity contribution < 1.29 is 9.53 Å². The summed E-state index contributed by atoms with van der Waals surface area (Å²) in [6, 6.07) is 1.96. The highest BCUT2D eigenvalue weighted by Crippen LogP contribution is 2.50. The maximum absolute atomic E-state index is 12.6. The number of nitrogens with zero attached hydrogens (tertiary/aromatic N) is 2. The van der Waals surface area contributed by atoms with Gasteiger partial charge in [0.25, 0.3) is 0 Å². The molecule has 3 N–H and O–H groups in total. The molecule has 21 heavy (non-hydrogen) atoms. The summed E-state index contributed by atoms with van der Waals surface area (Å²) in [4.78, 5) is 12.6. The predicted octanol–water partition coefficient (Wildman–Crippen LogP) is 1.93. The molecule has 1 aromatic heterocycles. The molecule has 6 nitrogen and oxygen atoms in total. The van der Waals surface area contributed by atoms with Crippen molar-refractivity contribution in [3.63, 3.8) is 0 Å². The van der Waals surface area contributed by atoms with Gasteiger partial charge in [-0.25, -0.2) is 4.68 Å². The molecule has 1 aromatic rings. The standard InChI is InChI=1S/C15H26N4O2/c1-6-21-11-9-15(16,14(11,4)5)13(20)18-12-7-8-17-19(12)10(2)3/h7-8,10-11H,6,9,16H2,1-5H3,(H,18,20). The minimum atomic E-state index is -0.918. The van der Waals surface area contributed by atoms with Crippen LogP contribution in [-0.2, 0) is 9.53 Å². The van der Waals surface area contributed by atoms with Crippen LogP contribution in [0.2, 0.25) is 0 Å². The van der Waals surface area contributed by atoms with Gasteiger partial charge >= 0.3 is 0 Å². The molecule has 1 fully saturated rings. The van der Waals surface area contributed by atoms with Crippen LogP contribution < -0.4 is 11.1 Å². The number of rotatable bonds is 5. The van der Waals surface area contributed by atoms with Crippen molar-refractivity contribution in [1.29, 1.82) is 0 Å². The molecule has 118 valence electrons. The second-order valence-corrected chi connectivity index (χ2v) is 6.55. The number of ether oxygens (including phenoxy) is 1. The van der Waals surface area contributed by atoms with Crippen molar-refractivity contribution in [3.8, 4) is 0 Å². The van der Waals surface area contributed by atoms with E-state index in [0.29, 0.717) is 18.8 Å². The fourth-order valence-corrected chi connectivity index (χ4v) is 2.87. The van der Waals surface area contributed by atoms with Gasteiger partial charge in [0.05, 0.1) is 12.3 Å². The summed E-state index contributed by atoms with van der Waals surface area (Å²) in [5.41, 5.74) is 5.06. The number of anilines is 1. The van der Waals surface area contributed by atoms with Gasteiger partial charge in [0.2, 0.25) is 5.91 Å². The van der Waals surface area contributed by atoms with Gasteiger partial charge < -0.3 is 15.8 Å². The van der Waals surface area contributed by atoms with E-state index >= 15 is 0 Å². The number of hydrogen-bond donors (Lipinski definition) is 2. The summed E-state index contributed by atoms with van der Waals surface area (Å²) in [6.45, 7) is 10.6. The molecule has 1 heterocycles. The summed E-state index contributed by atoms with van der Waals surface area (Å²) < 4.78 is 7.43. The van der Waals surface area contributed by atoms with Crippen molar-refractivity contribution in [1.82, 2.24) is 9.78 Å². The smallest absolute Gasteiger partial charge is 0.246 e. The van der Waals surface area contributed by atoms with Gasteiger partial charge in [-0.15, -0.1) is 0 Å². The first-order valence-electron chi connectivity index (χ1n) is 7.49. The van der Waals surface area contributed by atoms with Crippen LogP contribution in [-0.4, -0.2) is 33.9 Å². The van der Waals surface area contributed by atoms with Crippen molar-refractivity contribution in [3.05, 3.63) is 12.3 Å². The van der Waals surface area contributed by atoms with Crippen LogP contribution in [0, 0.1) is 5.41 Å². The molecule has 0 radical (unpaired) electrons. The van der Waals surface area contributed by atoms with Crippen LogP contribution >= 0.6 is 0 Å². The Morgan fingerprint density at radius 1 is 1.62 bits per heavy atom. The molecular weight excluding hydrogens is 268 g/mol. The summed E-state index contributed by atoms with van der Waals surface area (Å²) in [5, 5.41) is 7.13. The van der Waals surface area contributed by atoms with Gasteiger partial charge in [-0.3, -0.25) is 4.79 Å². The zero-order valence-electron chi connectivity index (χ0n) is 13.5. The fraction of sp³-hybridized carbons (Fsp3) is 0.733. The van der Waals surface area contributed by atoms with Crippen LogP contribution in [0.3, 0.4) is 0 Å². The van der Waals surface area contributed by atoms with Crippen LogP contribution in [0.15, 0.2) is 12.3 Å². The quantitative estimate of drug-likeness (QED) is 0.869. The van der Waals surface area contributed by atoms with Gasteiger partial charge in [0, 0.05) is 30.6 Å². The highest BCUT2D eigenvalue weighted by Gasteiger charge is 2.62. The predicted molar refractivity (Wildman–Crippen MR) is 82.0 cm³/mol. The van der Waals surface area contributed by atoms with E-state index in [4.69, 9.17) is 10.5 Å². The van der Waals surface area contributed by atoms with Gasteiger partial charge in [-0.1, -0.05) is 13.8 Å². The third-order valence-corrected chi connectivity index (χ3v) is 4.64. The topological polar surface area (TPSA) is 82.2 Å². The van der Waals surface area contributed by atoms with E-state index in [0.717, 1.165) is 0 Å². The number of amides is 1. The summed E-state index contributed by atoms with van der Waals surface area (Å²) in [6.07, 6.45) is 2.23. The zero-order valence-corrected chi connectivity index (χ0v) is 13.5. The lowest BCUT2D eigenvalue weighted by atomic mass is 9.54. The van der Waals surface area contributed by atoms with Crippen LogP contribution in [0.5, 0.6) is 0 Å². The van der Waals surface area contributed by atoms with E-state index in [2.05, 4.69) is 10.4 Å². The van der Waals surface area contributed by atoms with Gasteiger partial charge in [-0.2, -0.15) is 5.10 Å². The molecule has 2 atom stereocenters. The molecule has 1 aliphatic carbocycles. The first kappa shape index (κ1) is 16.0. The second-order valence-electron chi connectivity index (χ2n) is 6.55. The molecular formula is C15H26N4O2. The molecule has 0 bridgehead atoms. The van der Waals surface area contributed by atoms with E-state index in [9.17, 15) is 4.79 Å². The van der Waals surface area contributed by atoms with Gasteiger partial charge in [0.15, 0.2) is 0 Å². The maximum Gasteiger partial charge on any atom is 0.246 e. The average molecular weight is 294 g/mol. The molecule has 0 spiro atoms. The monoisotopic (exact) mass is 294 g/mol. The van der Waals surface area contributed by atoms with Gasteiger partial charge in [0.1, 0.15) is 11.4 Å². The maximum atomic E-state index is 12.6. The molecule has 1 saturated carbocycles. The fourth-order valence-electron chi connectivity index (χ4n) is 2.87. The Labute approximate surface area is 126 Å². The van der Waals surface area contributed by atoms with Crippen molar-refractivity contribution >= 4 is 11.7 Å². The SMILES string of the molecule is CCOC1CC(N)(C(=O)Nc2ccnn2C(C)C)C1(C)C. The Hall–Kier alpha value is -1.40. The molecule has 0 aromatic carbocycles. The molecule has 0 saturated heterocycles. The molecule has 2 rings (SSSR count). The number of aromatic nitrogens is 2. The van der Waals surface area contributed by atoms with E-state index < -0.39 is 11.0 Å². The van der Waals surface area contributed by atoms with Crippen molar-refractivity contribution in [2.75, 3.05) is 11.9 Å². The van der Waals surface area contributed by atoms with E-state index in [1.807, 2.05) is 34.6 Å². The lowest BCUT2D eigenvalue weighted by Crippen LogP contribution is -2.74. The van der Waals surface area contributed by atoms with Crippen LogP contribution in [0.25, 0.3) is 0 Å². The summed E-state index contributed by atoms with van der Waals surface area (Å²) >= 11 is 0.